The molecule has 112 valence electrons. The Bertz CT molecular complexity index is 804. The van der Waals surface area contributed by atoms with Gasteiger partial charge in [0.05, 0.1) is 11.7 Å². The maximum atomic E-state index is 12.6. The molecule has 3 aromatic rings. The fourth-order valence-corrected chi connectivity index (χ4v) is 2.64. The maximum Gasteiger partial charge on any atom is 0.271 e. The Balaban J connectivity index is 1.91. The molecule has 1 aromatic carbocycles. The minimum Gasteiger partial charge on any atom is -0.342 e. The molecule has 0 aliphatic carbocycles. The van der Waals surface area contributed by atoms with Crippen molar-refractivity contribution in [3.05, 3.63) is 60.2 Å². The van der Waals surface area contributed by atoms with E-state index in [4.69, 9.17) is 0 Å². The highest BCUT2D eigenvalue weighted by molar-refractivity contribution is 6.05. The number of hydrogen-bond donors (Lipinski definition) is 1. The number of benzene rings is 1. The van der Waals surface area contributed by atoms with Crippen LogP contribution in [0.25, 0.3) is 10.8 Å². The number of hydrogen-bond acceptors (Lipinski definition) is 3. The number of amides is 1. The van der Waals surface area contributed by atoms with E-state index in [9.17, 15) is 4.79 Å². The number of rotatable bonds is 4. The van der Waals surface area contributed by atoms with Crippen molar-refractivity contribution < 1.29 is 4.79 Å². The molecule has 0 fully saturated rings. The topological polar surface area (TPSA) is 59.8 Å². The molecule has 1 N–H and O–H groups in total. The van der Waals surface area contributed by atoms with Gasteiger partial charge in [-0.3, -0.25) is 14.5 Å². The zero-order chi connectivity index (χ0) is 15.5. The minimum atomic E-state index is -0.162. The Kier molecular flexibility index (Phi) is 3.87. The summed E-state index contributed by atoms with van der Waals surface area (Å²) in [5, 5.41) is 9.09. The van der Waals surface area contributed by atoms with Gasteiger partial charge in [0.2, 0.25) is 0 Å². The van der Waals surface area contributed by atoms with Crippen LogP contribution in [0.4, 0.5) is 0 Å². The van der Waals surface area contributed by atoms with Gasteiger partial charge < -0.3 is 5.32 Å². The summed E-state index contributed by atoms with van der Waals surface area (Å²) in [6.45, 7) is 2.04. The predicted molar refractivity (Wildman–Crippen MR) is 85.4 cm³/mol. The molecule has 2 heterocycles. The normalized spacial score (nSPS) is 12.3. The third-order valence-electron chi connectivity index (χ3n) is 3.82. The van der Waals surface area contributed by atoms with E-state index in [2.05, 4.69) is 15.4 Å². The van der Waals surface area contributed by atoms with Gasteiger partial charge in [-0.1, -0.05) is 31.2 Å². The molecule has 5 nitrogen and oxygen atoms in total. The Morgan fingerprint density at radius 3 is 2.77 bits per heavy atom. The summed E-state index contributed by atoms with van der Waals surface area (Å²) in [5.41, 5.74) is 1.44. The van der Waals surface area contributed by atoms with Crippen LogP contribution >= 0.6 is 0 Å². The van der Waals surface area contributed by atoms with Gasteiger partial charge in [0.25, 0.3) is 5.91 Å². The van der Waals surface area contributed by atoms with E-state index in [1.807, 2.05) is 50.4 Å². The third kappa shape index (κ3) is 2.57. The van der Waals surface area contributed by atoms with Gasteiger partial charge in [-0.25, -0.2) is 0 Å². The molecule has 0 saturated carbocycles. The van der Waals surface area contributed by atoms with Crippen molar-refractivity contribution in [2.24, 2.45) is 7.05 Å². The van der Waals surface area contributed by atoms with Gasteiger partial charge in [-0.2, -0.15) is 5.10 Å². The quantitative estimate of drug-likeness (QED) is 0.805. The zero-order valence-electron chi connectivity index (χ0n) is 12.7. The lowest BCUT2D eigenvalue weighted by molar-refractivity contribution is 0.0931. The van der Waals surface area contributed by atoms with Crippen LogP contribution < -0.4 is 5.32 Å². The summed E-state index contributed by atoms with van der Waals surface area (Å²) in [6.07, 6.45) is 4.19. The number of pyridine rings is 1. The van der Waals surface area contributed by atoms with Gasteiger partial charge in [0.15, 0.2) is 0 Å². The van der Waals surface area contributed by atoms with Crippen molar-refractivity contribution in [2.75, 3.05) is 0 Å². The van der Waals surface area contributed by atoms with Gasteiger partial charge in [0.1, 0.15) is 5.69 Å². The van der Waals surface area contributed by atoms with Crippen molar-refractivity contribution in [1.29, 1.82) is 0 Å². The molecule has 0 saturated heterocycles. The number of carbonyl (C=O) groups excluding carboxylic acids is 1. The van der Waals surface area contributed by atoms with Crippen molar-refractivity contribution in [2.45, 2.75) is 19.4 Å². The second-order valence-electron chi connectivity index (χ2n) is 5.19. The van der Waals surface area contributed by atoms with Crippen LogP contribution in [-0.4, -0.2) is 20.7 Å². The number of aromatic nitrogens is 3. The third-order valence-corrected chi connectivity index (χ3v) is 3.82. The fourth-order valence-electron chi connectivity index (χ4n) is 2.64. The highest BCUT2D eigenvalue weighted by atomic mass is 16.1. The SMILES string of the molecule is CCC(NC(=O)c1nccc2ccccc12)c1ccnn1C. The second kappa shape index (κ2) is 5.97. The molecule has 2 aromatic heterocycles. The lowest BCUT2D eigenvalue weighted by Crippen LogP contribution is -2.30. The van der Waals surface area contributed by atoms with Crippen LogP contribution in [0.2, 0.25) is 0 Å². The van der Waals surface area contributed by atoms with Crippen LogP contribution in [-0.2, 0) is 7.05 Å². The summed E-state index contributed by atoms with van der Waals surface area (Å²) < 4.78 is 1.78. The van der Waals surface area contributed by atoms with Crippen molar-refractivity contribution in [3.63, 3.8) is 0 Å². The summed E-state index contributed by atoms with van der Waals surface area (Å²) >= 11 is 0. The largest absolute Gasteiger partial charge is 0.342 e. The first kappa shape index (κ1) is 14.3. The number of fused-ring (bicyclic) bond motifs is 1. The minimum absolute atomic E-state index is 0.0826. The molecule has 1 atom stereocenters. The summed E-state index contributed by atoms with van der Waals surface area (Å²) in [7, 11) is 1.88. The van der Waals surface area contributed by atoms with Gasteiger partial charge in [0, 0.05) is 24.8 Å². The molecule has 0 bridgehead atoms. The van der Waals surface area contributed by atoms with Crippen molar-refractivity contribution in [1.82, 2.24) is 20.1 Å². The lowest BCUT2D eigenvalue weighted by atomic mass is 10.1. The molecule has 1 unspecified atom stereocenters. The van der Waals surface area contributed by atoms with E-state index in [1.165, 1.54) is 0 Å². The van der Waals surface area contributed by atoms with Gasteiger partial charge >= 0.3 is 0 Å². The summed E-state index contributed by atoms with van der Waals surface area (Å²) in [5.74, 6) is -0.162. The summed E-state index contributed by atoms with van der Waals surface area (Å²) in [4.78, 5) is 16.9. The van der Waals surface area contributed by atoms with Crippen molar-refractivity contribution >= 4 is 16.7 Å². The molecule has 3 rings (SSSR count). The van der Waals surface area contributed by atoms with Crippen LogP contribution in [0.15, 0.2) is 48.8 Å². The predicted octanol–water partition coefficient (Wildman–Crippen LogP) is 2.85. The molecular formula is C17H18N4O. The molecule has 0 aliphatic heterocycles. The first-order chi connectivity index (χ1) is 10.7. The lowest BCUT2D eigenvalue weighted by Gasteiger charge is -2.17. The Morgan fingerprint density at radius 2 is 2.05 bits per heavy atom. The fraction of sp³-hybridized carbons (Fsp3) is 0.235. The first-order valence-electron chi connectivity index (χ1n) is 7.33. The highest BCUT2D eigenvalue weighted by Gasteiger charge is 2.18. The number of nitrogens with one attached hydrogen (secondary N) is 1. The zero-order valence-corrected chi connectivity index (χ0v) is 12.7. The number of carbonyl (C=O) groups is 1. The van der Waals surface area contributed by atoms with Crippen LogP contribution in [0.3, 0.4) is 0 Å². The highest BCUT2D eigenvalue weighted by Crippen LogP contribution is 2.19. The van der Waals surface area contributed by atoms with E-state index >= 15 is 0 Å². The molecule has 0 radical (unpaired) electrons. The van der Waals surface area contributed by atoms with Crippen LogP contribution in [0.1, 0.15) is 35.6 Å². The molecule has 22 heavy (non-hydrogen) atoms. The Morgan fingerprint density at radius 1 is 1.23 bits per heavy atom. The standard InChI is InChI=1S/C17H18N4O/c1-3-14(15-9-11-19-21(15)2)20-17(22)16-13-7-5-4-6-12(13)8-10-18-16/h4-11,14H,3H2,1-2H3,(H,20,22). The van der Waals surface area contributed by atoms with Crippen molar-refractivity contribution in [3.8, 4) is 0 Å². The molecule has 0 aliphatic rings. The monoisotopic (exact) mass is 294 g/mol. The average Bonchev–Trinajstić information content (AvgIpc) is 2.97. The molecular weight excluding hydrogens is 276 g/mol. The van der Waals surface area contributed by atoms with Gasteiger partial charge in [-0.15, -0.1) is 0 Å². The Labute approximate surface area is 129 Å². The number of aryl methyl sites for hydroxylation is 1. The van der Waals surface area contributed by atoms with E-state index in [-0.39, 0.29) is 11.9 Å². The maximum absolute atomic E-state index is 12.6. The molecule has 0 spiro atoms. The second-order valence-corrected chi connectivity index (χ2v) is 5.19. The van der Waals surface area contributed by atoms with Crippen LogP contribution in [0.5, 0.6) is 0 Å². The van der Waals surface area contributed by atoms with E-state index in [0.29, 0.717) is 5.69 Å². The molecule has 1 amide bonds. The Hall–Kier alpha value is -2.69. The van der Waals surface area contributed by atoms with Gasteiger partial charge in [-0.05, 0) is 23.9 Å². The first-order valence-corrected chi connectivity index (χ1v) is 7.33. The van der Waals surface area contributed by atoms with Crippen LogP contribution in [0, 0.1) is 0 Å². The number of nitrogens with zero attached hydrogens (tertiary/aromatic N) is 3. The summed E-state index contributed by atoms with van der Waals surface area (Å²) in [6, 6.07) is 11.5. The average molecular weight is 294 g/mol. The smallest absolute Gasteiger partial charge is 0.271 e. The van der Waals surface area contributed by atoms with E-state index in [0.717, 1.165) is 22.9 Å². The van der Waals surface area contributed by atoms with E-state index < -0.39 is 0 Å². The molecule has 5 heteroatoms. The van der Waals surface area contributed by atoms with E-state index in [1.54, 1.807) is 17.1 Å².